The molecular weight excluding hydrogens is 258 g/mol. The lowest BCUT2D eigenvalue weighted by Gasteiger charge is -2.13. The normalized spacial score (nSPS) is 11.4. The van der Waals surface area contributed by atoms with Gasteiger partial charge in [-0.2, -0.15) is 0 Å². The van der Waals surface area contributed by atoms with Crippen LogP contribution in [0.3, 0.4) is 0 Å². The van der Waals surface area contributed by atoms with Gasteiger partial charge >= 0.3 is 0 Å². The smallest absolute Gasteiger partial charge is 0.131 e. The van der Waals surface area contributed by atoms with Crippen molar-refractivity contribution in [3.8, 4) is 11.5 Å². The fourth-order valence-corrected chi connectivity index (χ4v) is 2.46. The second-order valence-electron chi connectivity index (χ2n) is 5.36. The highest BCUT2D eigenvalue weighted by molar-refractivity contribution is 7.09. The first-order valence-electron chi connectivity index (χ1n) is 6.21. The summed E-state index contributed by atoms with van der Waals surface area (Å²) < 4.78 is 10.9. The Labute approximate surface area is 118 Å². The van der Waals surface area contributed by atoms with Crippen LogP contribution in [-0.2, 0) is 12.0 Å². The summed E-state index contributed by atoms with van der Waals surface area (Å²) in [7, 11) is 1.65. The van der Waals surface area contributed by atoms with E-state index in [0.29, 0.717) is 6.61 Å². The van der Waals surface area contributed by atoms with Crippen molar-refractivity contribution in [3.05, 3.63) is 40.3 Å². The molecule has 0 fully saturated rings. The molecule has 2 rings (SSSR count). The van der Waals surface area contributed by atoms with Crippen LogP contribution in [0.15, 0.2) is 29.6 Å². The zero-order valence-electron chi connectivity index (χ0n) is 11.8. The average molecular weight is 277 g/mol. The molecule has 0 saturated carbocycles. The van der Waals surface area contributed by atoms with Crippen molar-refractivity contribution in [2.24, 2.45) is 0 Å². The van der Waals surface area contributed by atoms with Crippen molar-refractivity contribution in [2.75, 3.05) is 7.11 Å². The summed E-state index contributed by atoms with van der Waals surface area (Å²) in [6.07, 6.45) is 0. The molecular formula is C15H19NO2S. The van der Waals surface area contributed by atoms with Crippen LogP contribution < -0.4 is 9.47 Å². The molecule has 0 amide bonds. The molecule has 0 aliphatic carbocycles. The molecule has 0 aliphatic heterocycles. The van der Waals surface area contributed by atoms with Gasteiger partial charge in [-0.1, -0.05) is 26.8 Å². The van der Waals surface area contributed by atoms with Crippen molar-refractivity contribution in [2.45, 2.75) is 32.8 Å². The van der Waals surface area contributed by atoms with E-state index in [0.717, 1.165) is 22.2 Å². The molecule has 102 valence electrons. The maximum absolute atomic E-state index is 5.72. The minimum absolute atomic E-state index is 0.0961. The Morgan fingerprint density at radius 1 is 1.21 bits per heavy atom. The topological polar surface area (TPSA) is 31.4 Å². The quantitative estimate of drug-likeness (QED) is 0.845. The molecule has 0 N–H and O–H groups in total. The number of nitrogens with zero attached hydrogens (tertiary/aromatic N) is 1. The van der Waals surface area contributed by atoms with Gasteiger partial charge in [-0.15, -0.1) is 11.3 Å². The van der Waals surface area contributed by atoms with E-state index in [-0.39, 0.29) is 5.41 Å². The summed E-state index contributed by atoms with van der Waals surface area (Å²) in [5.41, 5.74) is 1.07. The monoisotopic (exact) mass is 277 g/mol. The summed E-state index contributed by atoms with van der Waals surface area (Å²) in [5.74, 6) is 1.59. The lowest BCUT2D eigenvalue weighted by atomic mass is 9.98. The Balaban J connectivity index is 2.00. The predicted molar refractivity (Wildman–Crippen MR) is 78.1 cm³/mol. The van der Waals surface area contributed by atoms with Gasteiger partial charge in [-0.05, 0) is 12.1 Å². The van der Waals surface area contributed by atoms with E-state index < -0.39 is 0 Å². The molecule has 0 bridgehead atoms. The summed E-state index contributed by atoms with van der Waals surface area (Å²) in [6.45, 7) is 6.98. The molecule has 0 radical (unpaired) electrons. The first-order valence-corrected chi connectivity index (χ1v) is 7.09. The van der Waals surface area contributed by atoms with Crippen molar-refractivity contribution in [1.29, 1.82) is 0 Å². The Morgan fingerprint density at radius 2 is 1.95 bits per heavy atom. The van der Waals surface area contributed by atoms with Crippen LogP contribution in [0.5, 0.6) is 11.5 Å². The lowest BCUT2D eigenvalue weighted by Crippen LogP contribution is -2.10. The van der Waals surface area contributed by atoms with Crippen LogP contribution in [-0.4, -0.2) is 12.1 Å². The van der Waals surface area contributed by atoms with Crippen LogP contribution in [0.1, 0.15) is 31.5 Å². The van der Waals surface area contributed by atoms with Gasteiger partial charge in [-0.3, -0.25) is 0 Å². The third-order valence-corrected chi connectivity index (χ3v) is 3.94. The van der Waals surface area contributed by atoms with E-state index >= 15 is 0 Å². The Bertz CT molecular complexity index is 543. The zero-order valence-corrected chi connectivity index (χ0v) is 12.6. The minimum Gasteiger partial charge on any atom is -0.497 e. The van der Waals surface area contributed by atoms with Gasteiger partial charge in [-0.25, -0.2) is 4.98 Å². The number of hydrogen-bond donors (Lipinski definition) is 0. The molecule has 0 atom stereocenters. The van der Waals surface area contributed by atoms with Gasteiger partial charge < -0.3 is 9.47 Å². The number of thiazole rings is 1. The number of methoxy groups -OCH3 is 1. The molecule has 0 spiro atoms. The van der Waals surface area contributed by atoms with Crippen LogP contribution >= 0.6 is 11.3 Å². The highest BCUT2D eigenvalue weighted by Crippen LogP contribution is 2.26. The van der Waals surface area contributed by atoms with Crippen LogP contribution in [0.2, 0.25) is 0 Å². The fourth-order valence-electron chi connectivity index (χ4n) is 1.57. The maximum Gasteiger partial charge on any atom is 0.131 e. The maximum atomic E-state index is 5.72. The standard InChI is InChI=1S/C15H19NO2S/c1-15(2,3)14-16-11(10-19-14)9-18-13-7-5-6-12(8-13)17-4/h5-8,10H,9H2,1-4H3. The van der Waals surface area contributed by atoms with Crippen LogP contribution in [0, 0.1) is 0 Å². The first-order chi connectivity index (χ1) is 8.99. The van der Waals surface area contributed by atoms with Crippen molar-refractivity contribution < 1.29 is 9.47 Å². The van der Waals surface area contributed by atoms with E-state index in [9.17, 15) is 0 Å². The first kappa shape index (κ1) is 13.9. The average Bonchev–Trinajstić information content (AvgIpc) is 2.85. The van der Waals surface area contributed by atoms with Gasteiger partial charge in [0.05, 0.1) is 17.8 Å². The molecule has 1 heterocycles. The number of rotatable bonds is 4. The van der Waals surface area contributed by atoms with E-state index in [1.54, 1.807) is 18.4 Å². The Kier molecular flexibility index (Phi) is 4.10. The van der Waals surface area contributed by atoms with Crippen LogP contribution in [0.25, 0.3) is 0 Å². The molecule has 19 heavy (non-hydrogen) atoms. The Morgan fingerprint density at radius 3 is 2.58 bits per heavy atom. The third-order valence-electron chi connectivity index (χ3n) is 2.62. The van der Waals surface area contributed by atoms with Gasteiger partial charge in [0.15, 0.2) is 0 Å². The summed E-state index contributed by atoms with van der Waals surface area (Å²) >= 11 is 1.68. The van der Waals surface area contributed by atoms with Gasteiger partial charge in [0.2, 0.25) is 0 Å². The second kappa shape index (κ2) is 5.61. The van der Waals surface area contributed by atoms with Crippen LogP contribution in [0.4, 0.5) is 0 Å². The predicted octanol–water partition coefficient (Wildman–Crippen LogP) is 4.03. The molecule has 1 aromatic carbocycles. The van der Waals surface area contributed by atoms with Gasteiger partial charge in [0, 0.05) is 16.9 Å². The molecule has 4 heteroatoms. The molecule has 1 aromatic heterocycles. The number of aromatic nitrogens is 1. The number of ether oxygens (including phenoxy) is 2. The molecule has 3 nitrogen and oxygen atoms in total. The molecule has 2 aromatic rings. The minimum atomic E-state index is 0.0961. The Hall–Kier alpha value is -1.55. The van der Waals surface area contributed by atoms with E-state index in [1.165, 1.54) is 0 Å². The highest BCUT2D eigenvalue weighted by Gasteiger charge is 2.17. The molecule has 0 saturated heterocycles. The SMILES string of the molecule is COc1cccc(OCc2csc(C(C)(C)C)n2)c1. The van der Waals surface area contributed by atoms with Gasteiger partial charge in [0.25, 0.3) is 0 Å². The van der Waals surface area contributed by atoms with Crippen molar-refractivity contribution in [1.82, 2.24) is 4.98 Å². The lowest BCUT2D eigenvalue weighted by molar-refractivity contribution is 0.299. The summed E-state index contributed by atoms with van der Waals surface area (Å²) in [5, 5.41) is 3.19. The van der Waals surface area contributed by atoms with E-state index in [1.807, 2.05) is 24.3 Å². The summed E-state index contributed by atoms with van der Waals surface area (Å²) in [6, 6.07) is 7.60. The molecule has 0 unspecified atom stereocenters. The third kappa shape index (κ3) is 3.70. The fraction of sp³-hybridized carbons (Fsp3) is 0.400. The van der Waals surface area contributed by atoms with Crippen molar-refractivity contribution >= 4 is 11.3 Å². The number of hydrogen-bond acceptors (Lipinski definition) is 4. The highest BCUT2D eigenvalue weighted by atomic mass is 32.1. The van der Waals surface area contributed by atoms with E-state index in [2.05, 4.69) is 31.1 Å². The van der Waals surface area contributed by atoms with Crippen molar-refractivity contribution in [3.63, 3.8) is 0 Å². The largest absolute Gasteiger partial charge is 0.497 e. The van der Waals surface area contributed by atoms with Gasteiger partial charge in [0.1, 0.15) is 18.1 Å². The molecule has 0 aliphatic rings. The number of benzene rings is 1. The van der Waals surface area contributed by atoms with E-state index in [4.69, 9.17) is 9.47 Å². The zero-order chi connectivity index (χ0) is 13.9. The summed E-state index contributed by atoms with van der Waals surface area (Å²) in [4.78, 5) is 4.60. The second-order valence-corrected chi connectivity index (χ2v) is 6.22.